The van der Waals surface area contributed by atoms with Crippen LogP contribution in [0.3, 0.4) is 0 Å². The third kappa shape index (κ3) is 3.60. The van der Waals surface area contributed by atoms with Gasteiger partial charge in [-0.1, -0.05) is 17.3 Å². The average Bonchev–Trinajstić information content (AvgIpc) is 2.47. The Balaban J connectivity index is 2.08. The summed E-state index contributed by atoms with van der Waals surface area (Å²) >= 11 is 0. The first-order valence-corrected chi connectivity index (χ1v) is 5.55. The van der Waals surface area contributed by atoms with Gasteiger partial charge >= 0.3 is 0 Å². The first-order valence-electron chi connectivity index (χ1n) is 5.55. The van der Waals surface area contributed by atoms with Gasteiger partial charge in [0.25, 0.3) is 0 Å². The third-order valence-corrected chi connectivity index (χ3v) is 2.42. The number of hydrogen-bond donors (Lipinski definition) is 0. The molecule has 0 unspecified atom stereocenters. The zero-order chi connectivity index (χ0) is 13.5. The van der Waals surface area contributed by atoms with Crippen molar-refractivity contribution >= 4 is 17.1 Å². The molecule has 6 nitrogen and oxygen atoms in total. The Morgan fingerprint density at radius 2 is 1.16 bits per heavy atom. The lowest BCUT2D eigenvalue weighted by Crippen LogP contribution is -1.77. The van der Waals surface area contributed by atoms with Gasteiger partial charge in [-0.25, -0.2) is 0 Å². The van der Waals surface area contributed by atoms with Crippen molar-refractivity contribution < 1.29 is 0 Å². The highest BCUT2D eigenvalue weighted by Crippen LogP contribution is 2.21. The van der Waals surface area contributed by atoms with Crippen LogP contribution in [0.1, 0.15) is 5.56 Å². The van der Waals surface area contributed by atoms with E-state index in [4.69, 9.17) is 0 Å². The quantitative estimate of drug-likeness (QED) is 0.568. The van der Waals surface area contributed by atoms with Crippen molar-refractivity contribution in [3.63, 3.8) is 0 Å². The van der Waals surface area contributed by atoms with E-state index in [2.05, 4.69) is 20.6 Å². The van der Waals surface area contributed by atoms with Crippen molar-refractivity contribution in [3.8, 4) is 0 Å². The lowest BCUT2D eigenvalue weighted by molar-refractivity contribution is 1.05. The number of nitroso groups, excluding NO2 is 2. The van der Waals surface area contributed by atoms with E-state index in [9.17, 15) is 9.81 Å². The van der Waals surface area contributed by atoms with Crippen molar-refractivity contribution in [2.75, 3.05) is 0 Å². The second-order valence-corrected chi connectivity index (χ2v) is 3.76. The Kier molecular flexibility index (Phi) is 4.17. The number of azo groups is 1. The van der Waals surface area contributed by atoms with E-state index in [1.54, 1.807) is 48.5 Å². The van der Waals surface area contributed by atoms with Crippen LogP contribution in [0.4, 0.5) is 17.1 Å². The summed E-state index contributed by atoms with van der Waals surface area (Å²) in [5.74, 6) is 0. The molecule has 2 aromatic carbocycles. The average molecular weight is 254 g/mol. The van der Waals surface area contributed by atoms with Crippen LogP contribution < -0.4 is 0 Å². The first kappa shape index (κ1) is 12.7. The van der Waals surface area contributed by atoms with Gasteiger partial charge in [0.05, 0.1) is 11.4 Å². The Bertz CT molecular complexity index is 591. The van der Waals surface area contributed by atoms with E-state index < -0.39 is 0 Å². The minimum absolute atomic E-state index is 0.150. The molecular formula is C13H10N4O2. The van der Waals surface area contributed by atoms with E-state index in [-0.39, 0.29) is 6.54 Å². The highest BCUT2D eigenvalue weighted by Gasteiger charge is 1.95. The van der Waals surface area contributed by atoms with Gasteiger partial charge in [0.2, 0.25) is 0 Å². The van der Waals surface area contributed by atoms with Crippen LogP contribution in [0.2, 0.25) is 0 Å². The van der Waals surface area contributed by atoms with Crippen LogP contribution >= 0.6 is 0 Å². The molecule has 0 N–H and O–H groups in total. The highest BCUT2D eigenvalue weighted by molar-refractivity contribution is 5.47. The summed E-state index contributed by atoms with van der Waals surface area (Å²) in [6.07, 6.45) is 0. The maximum atomic E-state index is 10.2. The molecule has 0 spiro atoms. The molecule has 0 fully saturated rings. The van der Waals surface area contributed by atoms with E-state index in [1.807, 2.05) is 0 Å². The van der Waals surface area contributed by atoms with E-state index in [1.165, 1.54) is 0 Å². The number of nitrogens with zero attached hydrogens (tertiary/aromatic N) is 4. The van der Waals surface area contributed by atoms with Gasteiger partial charge in [0.1, 0.15) is 12.2 Å². The molecule has 0 aliphatic rings. The molecule has 0 atom stereocenters. The summed E-state index contributed by atoms with van der Waals surface area (Å²) in [4.78, 5) is 20.3. The zero-order valence-corrected chi connectivity index (χ0v) is 9.93. The molecule has 0 saturated carbocycles. The van der Waals surface area contributed by atoms with Crippen LogP contribution in [0.15, 0.2) is 69.1 Å². The van der Waals surface area contributed by atoms with Crippen molar-refractivity contribution in [1.29, 1.82) is 0 Å². The normalized spacial score (nSPS) is 10.5. The molecule has 0 aromatic heterocycles. The van der Waals surface area contributed by atoms with Crippen molar-refractivity contribution in [2.45, 2.75) is 6.54 Å². The zero-order valence-electron chi connectivity index (χ0n) is 9.93. The second kappa shape index (κ2) is 6.25. The minimum atomic E-state index is 0.150. The molecule has 2 rings (SSSR count). The van der Waals surface area contributed by atoms with Gasteiger partial charge in [0, 0.05) is 0 Å². The molecule has 0 aliphatic heterocycles. The van der Waals surface area contributed by atoms with Gasteiger partial charge in [-0.15, -0.1) is 4.91 Å². The van der Waals surface area contributed by atoms with Crippen molar-refractivity contribution in [2.24, 2.45) is 20.6 Å². The fraction of sp³-hybridized carbons (Fsp3) is 0.0769. The molecule has 2 aromatic rings. The predicted octanol–water partition coefficient (Wildman–Crippen LogP) is 4.77. The summed E-state index contributed by atoms with van der Waals surface area (Å²) in [6.45, 7) is 0.150. The van der Waals surface area contributed by atoms with Gasteiger partial charge < -0.3 is 0 Å². The minimum Gasteiger partial charge on any atom is -0.151 e. The fourth-order valence-electron chi connectivity index (χ4n) is 1.44. The van der Waals surface area contributed by atoms with Gasteiger partial charge in [-0.05, 0) is 47.1 Å². The summed E-state index contributed by atoms with van der Waals surface area (Å²) in [6, 6.07) is 13.5. The smallest absolute Gasteiger partial charge is 0.108 e. The molecular weight excluding hydrogens is 244 g/mol. The van der Waals surface area contributed by atoms with Crippen LogP contribution in [0, 0.1) is 9.81 Å². The molecule has 0 radical (unpaired) electrons. The molecule has 0 bridgehead atoms. The monoisotopic (exact) mass is 254 g/mol. The largest absolute Gasteiger partial charge is 0.151 e. The fourth-order valence-corrected chi connectivity index (χ4v) is 1.44. The van der Waals surface area contributed by atoms with E-state index in [0.717, 1.165) is 5.56 Å². The molecule has 0 amide bonds. The van der Waals surface area contributed by atoms with Crippen LogP contribution in [-0.2, 0) is 6.54 Å². The van der Waals surface area contributed by atoms with E-state index in [0.29, 0.717) is 17.1 Å². The standard InChI is InChI=1S/C13H10N4O2/c18-14-9-10-1-3-11(4-2-10)15-16-12-5-7-13(17-19)8-6-12/h1-8H,9H2. The first-order chi connectivity index (χ1) is 9.31. The Hall–Kier alpha value is -2.76. The Morgan fingerprint density at radius 3 is 1.63 bits per heavy atom. The van der Waals surface area contributed by atoms with Crippen LogP contribution in [0.5, 0.6) is 0 Å². The number of rotatable bonds is 5. The van der Waals surface area contributed by atoms with Crippen molar-refractivity contribution in [3.05, 3.63) is 63.9 Å². The second-order valence-electron chi connectivity index (χ2n) is 3.76. The number of benzene rings is 2. The lowest BCUT2D eigenvalue weighted by atomic mass is 10.2. The van der Waals surface area contributed by atoms with E-state index >= 15 is 0 Å². The molecule has 94 valence electrons. The summed E-state index contributed by atoms with van der Waals surface area (Å²) in [7, 11) is 0. The predicted molar refractivity (Wildman–Crippen MR) is 72.0 cm³/mol. The lowest BCUT2D eigenvalue weighted by Gasteiger charge is -1.96. The molecule has 0 heterocycles. The summed E-state index contributed by atoms with van der Waals surface area (Å²) < 4.78 is 0. The van der Waals surface area contributed by atoms with Crippen molar-refractivity contribution in [1.82, 2.24) is 0 Å². The summed E-state index contributed by atoms with van der Waals surface area (Å²) in [5, 5.41) is 13.7. The third-order valence-electron chi connectivity index (χ3n) is 2.42. The molecule has 0 saturated heterocycles. The Labute approximate surface area is 109 Å². The molecule has 19 heavy (non-hydrogen) atoms. The van der Waals surface area contributed by atoms with Gasteiger partial charge in [-0.3, -0.25) is 0 Å². The SMILES string of the molecule is O=NCc1ccc(N=Nc2ccc(N=O)cc2)cc1. The maximum absolute atomic E-state index is 10.2. The topological polar surface area (TPSA) is 83.6 Å². The van der Waals surface area contributed by atoms with Crippen LogP contribution in [-0.4, -0.2) is 0 Å². The van der Waals surface area contributed by atoms with Gasteiger partial charge in [-0.2, -0.15) is 15.1 Å². The molecule has 0 aliphatic carbocycles. The summed E-state index contributed by atoms with van der Waals surface area (Å²) in [5.41, 5.74) is 2.48. The number of hydrogen-bond acceptors (Lipinski definition) is 6. The maximum Gasteiger partial charge on any atom is 0.108 e. The van der Waals surface area contributed by atoms with Crippen LogP contribution in [0.25, 0.3) is 0 Å². The van der Waals surface area contributed by atoms with Gasteiger partial charge in [0.15, 0.2) is 0 Å². The highest BCUT2D eigenvalue weighted by atomic mass is 16.3. The Morgan fingerprint density at radius 1 is 0.684 bits per heavy atom. The molecule has 6 heteroatoms.